The Kier molecular flexibility index (Phi) is 10.7. The Labute approximate surface area is 137 Å². The second-order valence-corrected chi connectivity index (χ2v) is 9.65. The first-order chi connectivity index (χ1) is 10.3. The van der Waals surface area contributed by atoms with E-state index < -0.39 is 42.4 Å². The summed E-state index contributed by atoms with van der Waals surface area (Å²) in [6.07, 6.45) is -0.164. The topological polar surface area (TPSA) is 159 Å². The Morgan fingerprint density at radius 2 is 1.91 bits per heavy atom. The van der Waals surface area contributed by atoms with Gasteiger partial charge in [0.25, 0.3) is 0 Å². The average Bonchev–Trinajstić information content (AvgIpc) is 2.46. The van der Waals surface area contributed by atoms with E-state index in [0.29, 0.717) is 5.75 Å². The summed E-state index contributed by atoms with van der Waals surface area (Å²) in [4.78, 5) is 44.5. The molecule has 126 valence electrons. The van der Waals surface area contributed by atoms with E-state index in [4.69, 9.17) is 15.9 Å². The van der Waals surface area contributed by atoms with Crippen LogP contribution in [0.5, 0.6) is 0 Å². The van der Waals surface area contributed by atoms with Crippen molar-refractivity contribution in [3.05, 3.63) is 0 Å². The van der Waals surface area contributed by atoms with Crippen molar-refractivity contribution in [2.24, 2.45) is 5.73 Å². The molecule has 0 aliphatic rings. The molecule has 6 N–H and O–H groups in total. The van der Waals surface area contributed by atoms with Crippen LogP contribution in [-0.4, -0.2) is 72.9 Å². The van der Waals surface area contributed by atoms with Crippen LogP contribution in [0.3, 0.4) is 0 Å². The molecule has 9 nitrogen and oxygen atoms in total. The van der Waals surface area contributed by atoms with Crippen molar-refractivity contribution in [1.29, 1.82) is 0 Å². The molecule has 11 heteroatoms. The number of hydrogen-bond acceptors (Lipinski definition) is 6. The third-order valence-electron chi connectivity index (χ3n) is 2.46. The first-order valence-electron chi connectivity index (χ1n) is 6.33. The molecule has 0 bridgehead atoms. The van der Waals surface area contributed by atoms with Gasteiger partial charge < -0.3 is 0 Å². The van der Waals surface area contributed by atoms with Crippen LogP contribution in [0.1, 0.15) is 12.8 Å². The fraction of sp³-hybridized carbons (Fsp3) is 0.636. The molecule has 0 aromatic rings. The van der Waals surface area contributed by atoms with Gasteiger partial charge in [-0.2, -0.15) is 0 Å². The van der Waals surface area contributed by atoms with Crippen molar-refractivity contribution < 1.29 is 29.4 Å². The maximum absolute atomic E-state index is 11.8. The summed E-state index contributed by atoms with van der Waals surface area (Å²) in [6.45, 7) is -0.526. The number of carbonyl (C=O) groups excluding carboxylic acids is 2. The number of amides is 2. The van der Waals surface area contributed by atoms with Crippen LogP contribution >= 0.6 is 10.0 Å². The molecule has 3 atom stereocenters. The van der Waals surface area contributed by atoms with Gasteiger partial charge in [-0.15, -0.1) is 0 Å². The Hall–Kier alpha value is -1.25. The number of rotatable bonds is 11. The van der Waals surface area contributed by atoms with Gasteiger partial charge in [-0.3, -0.25) is 0 Å². The number of hydrogen-bond donors (Lipinski definition) is 5. The SMILES string of the molecule is C[AsH]SCC(NC(=O)CCC(N)C(=O)O)C(=O)NCC(=O)O. The normalized spacial score (nSPS) is 13.5. The molecule has 0 aliphatic carbocycles. The Bertz CT molecular complexity index is 423. The summed E-state index contributed by atoms with van der Waals surface area (Å²) >= 11 is -0.277. The predicted octanol–water partition coefficient (Wildman–Crippen LogP) is -2.00. The Morgan fingerprint density at radius 3 is 2.41 bits per heavy atom. The first-order valence-corrected chi connectivity index (χ1v) is 12.0. The van der Waals surface area contributed by atoms with E-state index in [9.17, 15) is 19.2 Å². The summed E-state index contributed by atoms with van der Waals surface area (Å²) in [5.74, 6) is -3.11. The van der Waals surface area contributed by atoms with Gasteiger partial charge in [0.05, 0.1) is 0 Å². The van der Waals surface area contributed by atoms with Gasteiger partial charge in [-0.25, -0.2) is 0 Å². The summed E-state index contributed by atoms with van der Waals surface area (Å²) in [5, 5.41) is 21.8. The maximum atomic E-state index is 11.8. The van der Waals surface area contributed by atoms with Gasteiger partial charge in [-0.1, -0.05) is 0 Å². The van der Waals surface area contributed by atoms with E-state index >= 15 is 0 Å². The number of carboxylic acid groups (broad SMARTS) is 2. The number of aliphatic carboxylic acids is 2. The van der Waals surface area contributed by atoms with Crippen molar-refractivity contribution in [1.82, 2.24) is 10.6 Å². The minimum atomic E-state index is -1.20. The van der Waals surface area contributed by atoms with E-state index in [0.717, 1.165) is 0 Å². The summed E-state index contributed by atoms with van der Waals surface area (Å²) in [5.41, 5.74) is 7.30. The quantitative estimate of drug-likeness (QED) is 0.250. The summed E-state index contributed by atoms with van der Waals surface area (Å²) in [7, 11) is 1.53. The summed E-state index contributed by atoms with van der Waals surface area (Å²) < 4.78 is 0. The second kappa shape index (κ2) is 11.3. The van der Waals surface area contributed by atoms with E-state index in [1.807, 2.05) is 5.71 Å². The molecule has 0 saturated carbocycles. The number of carbonyl (C=O) groups is 4. The van der Waals surface area contributed by atoms with Gasteiger partial charge in [-0.05, 0) is 0 Å². The molecule has 0 radical (unpaired) electrons. The van der Waals surface area contributed by atoms with E-state index in [-0.39, 0.29) is 27.4 Å². The van der Waals surface area contributed by atoms with E-state index in [1.165, 1.54) is 10.0 Å². The molecule has 0 aliphatic heterocycles. The van der Waals surface area contributed by atoms with Crippen LogP contribution in [-0.2, 0) is 19.2 Å². The van der Waals surface area contributed by atoms with E-state index in [1.54, 1.807) is 0 Å². The molecule has 0 aromatic heterocycles. The zero-order valence-electron chi connectivity index (χ0n) is 12.0. The Morgan fingerprint density at radius 1 is 1.27 bits per heavy atom. The van der Waals surface area contributed by atoms with Crippen LogP contribution in [0.25, 0.3) is 0 Å². The molecule has 0 heterocycles. The van der Waals surface area contributed by atoms with Gasteiger partial charge in [0.15, 0.2) is 0 Å². The molecule has 0 fully saturated rings. The van der Waals surface area contributed by atoms with Crippen molar-refractivity contribution >= 4 is 48.4 Å². The van der Waals surface area contributed by atoms with Crippen LogP contribution in [0, 0.1) is 0 Å². The second-order valence-electron chi connectivity index (χ2n) is 4.23. The number of nitrogens with two attached hydrogens (primary N) is 1. The summed E-state index contributed by atoms with van der Waals surface area (Å²) in [6, 6.07) is -1.98. The predicted molar refractivity (Wildman–Crippen MR) is 82.9 cm³/mol. The molecule has 0 saturated heterocycles. The molecular weight excluding hydrogens is 377 g/mol. The van der Waals surface area contributed by atoms with Crippen molar-refractivity contribution in [3.8, 4) is 0 Å². The zero-order chi connectivity index (χ0) is 17.1. The van der Waals surface area contributed by atoms with Crippen LogP contribution in [0.4, 0.5) is 0 Å². The Balaban J connectivity index is 4.43. The number of carboxylic acids is 2. The molecule has 3 unspecified atom stereocenters. The van der Waals surface area contributed by atoms with Gasteiger partial charge >= 0.3 is 137 Å². The molecule has 0 aromatic carbocycles. The van der Waals surface area contributed by atoms with Gasteiger partial charge in [0.2, 0.25) is 0 Å². The van der Waals surface area contributed by atoms with Crippen LogP contribution in [0.15, 0.2) is 0 Å². The van der Waals surface area contributed by atoms with Crippen LogP contribution < -0.4 is 16.4 Å². The third kappa shape index (κ3) is 9.64. The first kappa shape index (κ1) is 20.7. The molecule has 22 heavy (non-hydrogen) atoms. The third-order valence-corrected chi connectivity index (χ3v) is 6.11. The van der Waals surface area contributed by atoms with Crippen LogP contribution in [0.2, 0.25) is 5.71 Å². The zero-order valence-corrected chi connectivity index (χ0v) is 14.9. The fourth-order valence-electron chi connectivity index (χ4n) is 1.31. The van der Waals surface area contributed by atoms with Crippen molar-refractivity contribution in [3.63, 3.8) is 0 Å². The van der Waals surface area contributed by atoms with Crippen molar-refractivity contribution in [2.75, 3.05) is 12.3 Å². The monoisotopic (exact) mass is 397 g/mol. The number of nitrogens with one attached hydrogen (secondary N) is 2. The van der Waals surface area contributed by atoms with Gasteiger partial charge in [0, 0.05) is 0 Å². The molecule has 0 rings (SSSR count). The molecule has 2 amide bonds. The molecular formula is C11H20AsN3O6S. The van der Waals surface area contributed by atoms with Crippen molar-refractivity contribution in [2.45, 2.75) is 30.6 Å². The van der Waals surface area contributed by atoms with E-state index in [2.05, 4.69) is 10.6 Å². The fourth-order valence-corrected chi connectivity index (χ4v) is 3.98. The average molecular weight is 397 g/mol. The minimum absolute atomic E-state index is 0.0422. The standard InChI is InChI=1S/C11H20AsN3O6S/c1-12-22-5-7(10(19)14-4-9(17)18)15-8(16)3-2-6(13)11(20)21/h6-7,12H,2-5,13H2,1H3,(H,14,19)(H,15,16)(H,17,18)(H,20,21). The van der Waals surface area contributed by atoms with Gasteiger partial charge in [0.1, 0.15) is 0 Å². The molecule has 0 spiro atoms.